The first kappa shape index (κ1) is 10.6. The molecule has 1 heterocycles. The Kier molecular flexibility index (Phi) is 3.53. The van der Waals surface area contributed by atoms with Gasteiger partial charge in [-0.2, -0.15) is 0 Å². The molecule has 14 heavy (non-hydrogen) atoms. The van der Waals surface area contributed by atoms with E-state index >= 15 is 0 Å². The summed E-state index contributed by atoms with van der Waals surface area (Å²) in [5, 5.41) is 2.74. The highest BCUT2D eigenvalue weighted by atomic mass is 16.1. The number of hydrogen-bond donors (Lipinski definition) is 2. The highest BCUT2D eigenvalue weighted by Crippen LogP contribution is 2.01. The maximum Gasteiger partial charge on any atom is 0.254 e. The quantitative estimate of drug-likeness (QED) is 0.702. The normalized spacial score (nSPS) is 12.2. The molecule has 1 aromatic rings. The van der Waals surface area contributed by atoms with Crippen LogP contribution in [0.4, 0.5) is 0 Å². The van der Waals surface area contributed by atoms with Gasteiger partial charge >= 0.3 is 0 Å². The Morgan fingerprint density at radius 3 is 3.00 bits per heavy atom. The van der Waals surface area contributed by atoms with Crippen LogP contribution in [0.2, 0.25) is 0 Å². The summed E-state index contributed by atoms with van der Waals surface area (Å²) in [5.41, 5.74) is 6.55. The zero-order chi connectivity index (χ0) is 10.6. The SMILES string of the molecule is Cc1ncncc1C(=O)NC(C)CN. The van der Waals surface area contributed by atoms with Crippen LogP contribution in [0.3, 0.4) is 0 Å². The average molecular weight is 194 g/mol. The molecule has 5 nitrogen and oxygen atoms in total. The van der Waals surface area contributed by atoms with E-state index in [4.69, 9.17) is 5.73 Å². The maximum absolute atomic E-state index is 11.6. The Balaban J connectivity index is 2.75. The molecule has 1 aromatic heterocycles. The maximum atomic E-state index is 11.6. The number of nitrogens with zero attached hydrogens (tertiary/aromatic N) is 2. The highest BCUT2D eigenvalue weighted by molar-refractivity contribution is 5.94. The molecule has 5 heteroatoms. The molecule has 0 aliphatic rings. The van der Waals surface area contributed by atoms with E-state index in [1.165, 1.54) is 12.5 Å². The van der Waals surface area contributed by atoms with Gasteiger partial charge in [0, 0.05) is 18.8 Å². The Morgan fingerprint density at radius 2 is 2.43 bits per heavy atom. The van der Waals surface area contributed by atoms with Gasteiger partial charge in [-0.15, -0.1) is 0 Å². The minimum absolute atomic E-state index is 0.0397. The molecule has 0 bridgehead atoms. The number of amides is 1. The Bertz CT molecular complexity index is 326. The standard InChI is InChI=1S/C9H14N4O/c1-6(3-10)13-9(14)8-4-11-5-12-7(8)2/h4-6H,3,10H2,1-2H3,(H,13,14). The van der Waals surface area contributed by atoms with Crippen molar-refractivity contribution in [1.29, 1.82) is 0 Å². The second-order valence-electron chi connectivity index (χ2n) is 3.13. The molecule has 3 N–H and O–H groups in total. The van der Waals surface area contributed by atoms with Crippen molar-refractivity contribution in [1.82, 2.24) is 15.3 Å². The highest BCUT2D eigenvalue weighted by Gasteiger charge is 2.11. The monoisotopic (exact) mass is 194 g/mol. The van der Waals surface area contributed by atoms with E-state index in [9.17, 15) is 4.79 Å². The van der Waals surface area contributed by atoms with Gasteiger partial charge in [0.25, 0.3) is 5.91 Å². The molecular weight excluding hydrogens is 180 g/mol. The van der Waals surface area contributed by atoms with Gasteiger partial charge in [0.05, 0.1) is 11.3 Å². The first-order valence-corrected chi connectivity index (χ1v) is 4.42. The van der Waals surface area contributed by atoms with E-state index in [1.54, 1.807) is 6.92 Å². The van der Waals surface area contributed by atoms with Crippen LogP contribution in [0.1, 0.15) is 23.0 Å². The summed E-state index contributed by atoms with van der Waals surface area (Å²) in [6.07, 6.45) is 2.92. The van der Waals surface area contributed by atoms with Gasteiger partial charge in [0.15, 0.2) is 0 Å². The van der Waals surface area contributed by atoms with Crippen LogP contribution >= 0.6 is 0 Å². The predicted octanol–water partition coefficient (Wildman–Crippen LogP) is -0.138. The molecule has 0 saturated carbocycles. The van der Waals surface area contributed by atoms with Gasteiger partial charge in [0.1, 0.15) is 6.33 Å². The van der Waals surface area contributed by atoms with Crippen LogP contribution < -0.4 is 11.1 Å². The molecule has 0 spiro atoms. The van der Waals surface area contributed by atoms with Crippen molar-refractivity contribution in [2.24, 2.45) is 5.73 Å². The summed E-state index contributed by atoms with van der Waals surface area (Å²) in [4.78, 5) is 19.3. The van der Waals surface area contributed by atoms with Crippen molar-refractivity contribution in [3.8, 4) is 0 Å². The van der Waals surface area contributed by atoms with Crippen molar-refractivity contribution >= 4 is 5.91 Å². The predicted molar refractivity (Wildman–Crippen MR) is 52.8 cm³/mol. The Morgan fingerprint density at radius 1 is 1.71 bits per heavy atom. The number of hydrogen-bond acceptors (Lipinski definition) is 4. The van der Waals surface area contributed by atoms with Crippen LogP contribution in [0.25, 0.3) is 0 Å². The second kappa shape index (κ2) is 4.66. The topological polar surface area (TPSA) is 80.9 Å². The van der Waals surface area contributed by atoms with E-state index < -0.39 is 0 Å². The van der Waals surface area contributed by atoms with Gasteiger partial charge in [0.2, 0.25) is 0 Å². The minimum Gasteiger partial charge on any atom is -0.348 e. The first-order chi connectivity index (χ1) is 6.65. The summed E-state index contributed by atoms with van der Waals surface area (Å²) < 4.78 is 0. The summed E-state index contributed by atoms with van der Waals surface area (Å²) in [7, 11) is 0. The number of aryl methyl sites for hydroxylation is 1. The van der Waals surface area contributed by atoms with Crippen LogP contribution in [0.15, 0.2) is 12.5 Å². The smallest absolute Gasteiger partial charge is 0.254 e. The molecule has 1 unspecified atom stereocenters. The van der Waals surface area contributed by atoms with Crippen molar-refractivity contribution in [2.45, 2.75) is 19.9 Å². The lowest BCUT2D eigenvalue weighted by Gasteiger charge is -2.11. The minimum atomic E-state index is -0.180. The molecular formula is C9H14N4O. The molecule has 0 fully saturated rings. The fourth-order valence-corrected chi connectivity index (χ4v) is 0.974. The van der Waals surface area contributed by atoms with Gasteiger partial charge in [-0.05, 0) is 13.8 Å². The van der Waals surface area contributed by atoms with Gasteiger partial charge in [-0.3, -0.25) is 4.79 Å². The van der Waals surface area contributed by atoms with Crippen LogP contribution in [0.5, 0.6) is 0 Å². The molecule has 0 radical (unpaired) electrons. The van der Waals surface area contributed by atoms with E-state index in [-0.39, 0.29) is 11.9 Å². The summed E-state index contributed by atoms with van der Waals surface area (Å²) in [6.45, 7) is 4.03. The molecule has 1 atom stereocenters. The molecule has 1 rings (SSSR count). The van der Waals surface area contributed by atoms with Crippen molar-refractivity contribution in [2.75, 3.05) is 6.54 Å². The number of carbonyl (C=O) groups excluding carboxylic acids is 1. The van der Waals surface area contributed by atoms with Crippen LogP contribution in [-0.2, 0) is 0 Å². The third-order valence-corrected chi connectivity index (χ3v) is 1.89. The zero-order valence-electron chi connectivity index (χ0n) is 8.32. The molecule has 1 amide bonds. The lowest BCUT2D eigenvalue weighted by molar-refractivity contribution is 0.0940. The van der Waals surface area contributed by atoms with Crippen LogP contribution in [-0.4, -0.2) is 28.5 Å². The number of aromatic nitrogens is 2. The second-order valence-corrected chi connectivity index (χ2v) is 3.13. The lowest BCUT2D eigenvalue weighted by atomic mass is 10.2. The third kappa shape index (κ3) is 2.50. The Labute approximate surface area is 82.7 Å². The molecule has 0 saturated heterocycles. The van der Waals surface area contributed by atoms with E-state index in [0.29, 0.717) is 17.8 Å². The molecule has 76 valence electrons. The number of carbonyl (C=O) groups is 1. The zero-order valence-corrected chi connectivity index (χ0v) is 8.32. The molecule has 0 aliphatic carbocycles. The first-order valence-electron chi connectivity index (χ1n) is 4.42. The van der Waals surface area contributed by atoms with Crippen molar-refractivity contribution in [3.63, 3.8) is 0 Å². The number of nitrogens with two attached hydrogens (primary N) is 1. The molecule has 0 aliphatic heterocycles. The summed E-state index contributed by atoms with van der Waals surface area (Å²) >= 11 is 0. The van der Waals surface area contributed by atoms with E-state index in [0.717, 1.165) is 0 Å². The lowest BCUT2D eigenvalue weighted by Crippen LogP contribution is -2.38. The van der Waals surface area contributed by atoms with E-state index in [1.807, 2.05) is 6.92 Å². The van der Waals surface area contributed by atoms with E-state index in [2.05, 4.69) is 15.3 Å². The van der Waals surface area contributed by atoms with Crippen molar-refractivity contribution in [3.05, 3.63) is 23.8 Å². The summed E-state index contributed by atoms with van der Waals surface area (Å²) in [6, 6.07) is -0.0397. The fraction of sp³-hybridized carbons (Fsp3) is 0.444. The van der Waals surface area contributed by atoms with Crippen molar-refractivity contribution < 1.29 is 4.79 Å². The summed E-state index contributed by atoms with van der Waals surface area (Å²) in [5.74, 6) is -0.180. The average Bonchev–Trinajstić information content (AvgIpc) is 2.18. The third-order valence-electron chi connectivity index (χ3n) is 1.89. The Hall–Kier alpha value is -1.49. The number of rotatable bonds is 3. The molecule has 0 aromatic carbocycles. The van der Waals surface area contributed by atoms with Gasteiger partial charge in [-0.25, -0.2) is 9.97 Å². The van der Waals surface area contributed by atoms with Gasteiger partial charge in [-0.1, -0.05) is 0 Å². The number of nitrogens with one attached hydrogen (secondary N) is 1. The van der Waals surface area contributed by atoms with Crippen LogP contribution in [0, 0.1) is 6.92 Å². The fourth-order valence-electron chi connectivity index (χ4n) is 0.974. The van der Waals surface area contributed by atoms with Gasteiger partial charge < -0.3 is 11.1 Å². The largest absolute Gasteiger partial charge is 0.348 e.